The third kappa shape index (κ3) is 3.67. The standard InChI is InChI=1S/C15H18BrNS/c1-2-17-15(12-6-4-3-5-7-12)9-8-13-10-18-11-14(13)16/h3-7,10-11,15,17H,2,8-9H2,1H3. The highest BCUT2D eigenvalue weighted by atomic mass is 79.9. The van der Waals surface area contributed by atoms with E-state index in [1.165, 1.54) is 15.6 Å². The fourth-order valence-electron chi connectivity index (χ4n) is 2.10. The van der Waals surface area contributed by atoms with Crippen molar-refractivity contribution in [2.45, 2.75) is 25.8 Å². The Morgan fingerprint density at radius 1 is 1.22 bits per heavy atom. The lowest BCUT2D eigenvalue weighted by Crippen LogP contribution is -2.21. The number of benzene rings is 1. The van der Waals surface area contributed by atoms with Gasteiger partial charge in [-0.1, -0.05) is 37.3 Å². The lowest BCUT2D eigenvalue weighted by Gasteiger charge is -2.18. The molecule has 1 N–H and O–H groups in total. The van der Waals surface area contributed by atoms with Gasteiger partial charge in [0.25, 0.3) is 0 Å². The lowest BCUT2D eigenvalue weighted by atomic mass is 10.00. The minimum absolute atomic E-state index is 0.447. The number of aryl methyl sites for hydroxylation is 1. The number of rotatable bonds is 6. The second-order valence-electron chi connectivity index (χ2n) is 4.30. The van der Waals surface area contributed by atoms with Gasteiger partial charge in [-0.2, -0.15) is 11.3 Å². The van der Waals surface area contributed by atoms with Crippen molar-refractivity contribution in [1.29, 1.82) is 0 Å². The largest absolute Gasteiger partial charge is 0.310 e. The SMILES string of the molecule is CCNC(CCc1cscc1Br)c1ccccc1. The molecule has 1 heterocycles. The summed E-state index contributed by atoms with van der Waals surface area (Å²) in [6.45, 7) is 3.17. The van der Waals surface area contributed by atoms with Crippen LogP contribution < -0.4 is 5.32 Å². The molecule has 1 aromatic carbocycles. The highest BCUT2D eigenvalue weighted by molar-refractivity contribution is 9.10. The van der Waals surface area contributed by atoms with E-state index in [0.717, 1.165) is 19.4 Å². The van der Waals surface area contributed by atoms with Crippen LogP contribution in [-0.4, -0.2) is 6.54 Å². The van der Waals surface area contributed by atoms with Crippen LogP contribution in [0.3, 0.4) is 0 Å². The van der Waals surface area contributed by atoms with Crippen LogP contribution >= 0.6 is 27.3 Å². The summed E-state index contributed by atoms with van der Waals surface area (Å²) in [6, 6.07) is 11.1. The lowest BCUT2D eigenvalue weighted by molar-refractivity contribution is 0.515. The molecule has 0 fully saturated rings. The van der Waals surface area contributed by atoms with E-state index in [1.807, 2.05) is 0 Å². The second-order valence-corrected chi connectivity index (χ2v) is 5.90. The first kappa shape index (κ1) is 13.8. The fourth-order valence-corrected chi connectivity index (χ4v) is 3.64. The average molecular weight is 324 g/mol. The Labute approximate surface area is 121 Å². The molecule has 18 heavy (non-hydrogen) atoms. The van der Waals surface area contributed by atoms with Crippen LogP contribution in [0.5, 0.6) is 0 Å². The maximum atomic E-state index is 3.60. The minimum Gasteiger partial charge on any atom is -0.310 e. The molecule has 0 aliphatic heterocycles. The van der Waals surface area contributed by atoms with Gasteiger partial charge in [0.2, 0.25) is 0 Å². The molecule has 3 heteroatoms. The summed E-state index contributed by atoms with van der Waals surface area (Å²) in [4.78, 5) is 0. The van der Waals surface area contributed by atoms with E-state index in [-0.39, 0.29) is 0 Å². The van der Waals surface area contributed by atoms with Crippen molar-refractivity contribution < 1.29 is 0 Å². The molecule has 96 valence electrons. The number of thiophene rings is 1. The van der Waals surface area contributed by atoms with E-state index >= 15 is 0 Å². The predicted octanol–water partition coefficient (Wildman–Crippen LogP) is 4.79. The van der Waals surface area contributed by atoms with Crippen LogP contribution in [-0.2, 0) is 6.42 Å². The smallest absolute Gasteiger partial charge is 0.0323 e. The molecule has 2 rings (SSSR count). The van der Waals surface area contributed by atoms with E-state index < -0.39 is 0 Å². The number of nitrogens with one attached hydrogen (secondary N) is 1. The van der Waals surface area contributed by atoms with Crippen molar-refractivity contribution in [1.82, 2.24) is 5.32 Å². The summed E-state index contributed by atoms with van der Waals surface area (Å²) in [6.07, 6.45) is 2.24. The van der Waals surface area contributed by atoms with Crippen LogP contribution in [0.1, 0.15) is 30.5 Å². The second kappa shape index (κ2) is 7.07. The zero-order valence-electron chi connectivity index (χ0n) is 10.5. The molecule has 0 saturated heterocycles. The van der Waals surface area contributed by atoms with E-state index in [0.29, 0.717) is 6.04 Å². The van der Waals surface area contributed by atoms with Gasteiger partial charge in [0.1, 0.15) is 0 Å². The molecule has 0 bridgehead atoms. The molecule has 0 aliphatic carbocycles. The van der Waals surface area contributed by atoms with Gasteiger partial charge in [0.05, 0.1) is 0 Å². The van der Waals surface area contributed by atoms with Crippen LogP contribution in [0, 0.1) is 0 Å². The number of halogens is 1. The number of hydrogen-bond donors (Lipinski definition) is 1. The van der Waals surface area contributed by atoms with Crippen molar-refractivity contribution >= 4 is 27.3 Å². The quantitative estimate of drug-likeness (QED) is 0.805. The molecular weight excluding hydrogens is 306 g/mol. The molecule has 0 spiro atoms. The van der Waals surface area contributed by atoms with Crippen LogP contribution in [0.4, 0.5) is 0 Å². The van der Waals surface area contributed by atoms with Crippen molar-refractivity contribution in [3.8, 4) is 0 Å². The monoisotopic (exact) mass is 323 g/mol. The van der Waals surface area contributed by atoms with Crippen molar-refractivity contribution in [3.05, 3.63) is 56.7 Å². The molecule has 1 unspecified atom stereocenters. The Hall–Kier alpha value is -0.640. The third-order valence-electron chi connectivity index (χ3n) is 3.04. The van der Waals surface area contributed by atoms with Gasteiger partial charge in [0.15, 0.2) is 0 Å². The minimum atomic E-state index is 0.447. The molecule has 0 amide bonds. The van der Waals surface area contributed by atoms with Crippen LogP contribution in [0.15, 0.2) is 45.6 Å². The molecule has 0 saturated carbocycles. The summed E-state index contributed by atoms with van der Waals surface area (Å²) in [5.74, 6) is 0. The summed E-state index contributed by atoms with van der Waals surface area (Å²) in [5, 5.41) is 7.96. The molecule has 2 aromatic rings. The topological polar surface area (TPSA) is 12.0 Å². The van der Waals surface area contributed by atoms with E-state index in [9.17, 15) is 0 Å². The zero-order chi connectivity index (χ0) is 12.8. The first-order valence-corrected chi connectivity index (χ1v) is 8.03. The average Bonchev–Trinajstić information content (AvgIpc) is 2.81. The van der Waals surface area contributed by atoms with Crippen LogP contribution in [0.2, 0.25) is 0 Å². The summed E-state index contributed by atoms with van der Waals surface area (Å²) >= 11 is 5.36. The molecular formula is C15H18BrNS. The van der Waals surface area contributed by atoms with Gasteiger partial charge in [-0.25, -0.2) is 0 Å². The van der Waals surface area contributed by atoms with Gasteiger partial charge >= 0.3 is 0 Å². The molecule has 1 atom stereocenters. The Morgan fingerprint density at radius 2 is 2.00 bits per heavy atom. The fraction of sp³-hybridized carbons (Fsp3) is 0.333. The molecule has 0 radical (unpaired) electrons. The Morgan fingerprint density at radius 3 is 2.61 bits per heavy atom. The summed E-state index contributed by atoms with van der Waals surface area (Å²) in [5.41, 5.74) is 2.80. The Bertz CT molecular complexity index is 466. The van der Waals surface area contributed by atoms with E-state index in [1.54, 1.807) is 11.3 Å². The highest BCUT2D eigenvalue weighted by Gasteiger charge is 2.11. The highest BCUT2D eigenvalue weighted by Crippen LogP contribution is 2.25. The first-order valence-electron chi connectivity index (χ1n) is 6.30. The van der Waals surface area contributed by atoms with E-state index in [2.05, 4.69) is 69.3 Å². The van der Waals surface area contributed by atoms with Gasteiger partial charge in [-0.05, 0) is 51.8 Å². The maximum absolute atomic E-state index is 3.60. The first-order chi connectivity index (χ1) is 8.81. The normalized spacial score (nSPS) is 12.6. The summed E-state index contributed by atoms with van der Waals surface area (Å²) < 4.78 is 1.25. The van der Waals surface area contributed by atoms with Gasteiger partial charge in [-0.15, -0.1) is 0 Å². The maximum Gasteiger partial charge on any atom is 0.0323 e. The summed E-state index contributed by atoms with van der Waals surface area (Å²) in [7, 11) is 0. The van der Waals surface area contributed by atoms with Gasteiger partial charge in [-0.3, -0.25) is 0 Å². The van der Waals surface area contributed by atoms with Gasteiger partial charge < -0.3 is 5.32 Å². The number of hydrogen-bond acceptors (Lipinski definition) is 2. The van der Waals surface area contributed by atoms with Gasteiger partial charge in [0, 0.05) is 15.9 Å². The van der Waals surface area contributed by atoms with Crippen molar-refractivity contribution in [2.24, 2.45) is 0 Å². The third-order valence-corrected chi connectivity index (χ3v) is 4.88. The Balaban J connectivity index is 2.01. The van der Waals surface area contributed by atoms with Crippen LogP contribution in [0.25, 0.3) is 0 Å². The Kier molecular flexibility index (Phi) is 5.42. The molecule has 1 aromatic heterocycles. The van der Waals surface area contributed by atoms with Crippen molar-refractivity contribution in [2.75, 3.05) is 6.54 Å². The predicted molar refractivity (Wildman–Crippen MR) is 83.2 cm³/mol. The van der Waals surface area contributed by atoms with Crippen molar-refractivity contribution in [3.63, 3.8) is 0 Å². The zero-order valence-corrected chi connectivity index (χ0v) is 12.9. The molecule has 0 aliphatic rings. The molecule has 1 nitrogen and oxygen atoms in total. The van der Waals surface area contributed by atoms with E-state index in [4.69, 9.17) is 0 Å².